The highest BCUT2D eigenvalue weighted by Gasteiger charge is 2.32. The highest BCUT2D eigenvalue weighted by molar-refractivity contribution is 9.10. The summed E-state index contributed by atoms with van der Waals surface area (Å²) in [7, 11) is -3.31. The molecule has 4 rings (SSSR count). The van der Waals surface area contributed by atoms with Crippen LogP contribution in [0, 0.1) is 0 Å². The molecule has 0 radical (unpaired) electrons. The Kier molecular flexibility index (Phi) is 6.79. The Morgan fingerprint density at radius 3 is 2.38 bits per heavy atom. The average Bonchev–Trinajstić information content (AvgIpc) is 3.18. The van der Waals surface area contributed by atoms with Gasteiger partial charge in [0, 0.05) is 32.2 Å². The molecule has 34 heavy (non-hydrogen) atoms. The van der Waals surface area contributed by atoms with E-state index in [0.29, 0.717) is 32.6 Å². The number of sulfone groups is 1. The Balaban J connectivity index is 1.57. The van der Waals surface area contributed by atoms with E-state index >= 15 is 0 Å². The number of carbonyl (C=O) groups excluding carboxylic acids is 1. The summed E-state index contributed by atoms with van der Waals surface area (Å²) in [6, 6.07) is 19.6. The van der Waals surface area contributed by atoms with Crippen molar-refractivity contribution in [2.24, 2.45) is 0 Å². The molecule has 1 N–H and O–H groups in total. The summed E-state index contributed by atoms with van der Waals surface area (Å²) in [5.41, 5.74) is 1.25. The number of halogens is 2. The van der Waals surface area contributed by atoms with Gasteiger partial charge in [0.05, 0.1) is 9.62 Å². The van der Waals surface area contributed by atoms with Crippen LogP contribution in [0.25, 0.3) is 10.1 Å². The number of amides is 1. The largest absolute Gasteiger partial charge is 0.457 e. The number of hydrogen-bond acceptors (Lipinski definition) is 5. The summed E-state index contributed by atoms with van der Waals surface area (Å²) in [5, 5.41) is 4.35. The minimum Gasteiger partial charge on any atom is -0.457 e. The van der Waals surface area contributed by atoms with Gasteiger partial charge in [0.15, 0.2) is 9.84 Å². The van der Waals surface area contributed by atoms with Crippen LogP contribution in [0.5, 0.6) is 11.5 Å². The van der Waals surface area contributed by atoms with Crippen LogP contribution in [0.15, 0.2) is 71.2 Å². The molecule has 0 bridgehead atoms. The Morgan fingerprint density at radius 2 is 1.71 bits per heavy atom. The van der Waals surface area contributed by atoms with Crippen molar-refractivity contribution in [3.8, 4) is 11.5 Å². The van der Waals surface area contributed by atoms with E-state index in [9.17, 15) is 13.2 Å². The molecular weight excluding hydrogens is 558 g/mol. The zero-order valence-corrected chi connectivity index (χ0v) is 22.5. The van der Waals surface area contributed by atoms with Gasteiger partial charge in [-0.3, -0.25) is 4.79 Å². The minimum absolute atomic E-state index is 0.263. The van der Waals surface area contributed by atoms with Crippen LogP contribution in [0.2, 0.25) is 5.02 Å². The van der Waals surface area contributed by atoms with Crippen LogP contribution >= 0.6 is 38.9 Å². The van der Waals surface area contributed by atoms with E-state index in [1.165, 1.54) is 17.6 Å². The van der Waals surface area contributed by atoms with Gasteiger partial charge in [-0.25, -0.2) is 8.42 Å². The van der Waals surface area contributed by atoms with Crippen molar-refractivity contribution in [2.45, 2.75) is 18.6 Å². The molecule has 5 nitrogen and oxygen atoms in total. The lowest BCUT2D eigenvalue weighted by Crippen LogP contribution is -2.27. The number of hydrogen-bond donors (Lipinski definition) is 1. The molecule has 1 aromatic heterocycles. The van der Waals surface area contributed by atoms with Gasteiger partial charge in [0.2, 0.25) is 0 Å². The molecule has 4 aromatic rings. The summed E-state index contributed by atoms with van der Waals surface area (Å²) < 4.78 is 30.9. The minimum atomic E-state index is -3.31. The van der Waals surface area contributed by atoms with Gasteiger partial charge >= 0.3 is 0 Å². The van der Waals surface area contributed by atoms with Crippen molar-refractivity contribution in [1.82, 2.24) is 0 Å². The Hall–Kier alpha value is -2.39. The van der Waals surface area contributed by atoms with Crippen molar-refractivity contribution in [3.63, 3.8) is 0 Å². The van der Waals surface area contributed by atoms with Crippen LogP contribution < -0.4 is 10.1 Å². The first-order chi connectivity index (χ1) is 15.9. The molecule has 0 saturated carbocycles. The molecule has 0 aliphatic carbocycles. The van der Waals surface area contributed by atoms with Crippen molar-refractivity contribution in [3.05, 3.63) is 86.7 Å². The molecule has 3 aromatic carbocycles. The molecule has 1 amide bonds. The van der Waals surface area contributed by atoms with Gasteiger partial charge in [0.25, 0.3) is 5.91 Å². The molecule has 0 fully saturated rings. The van der Waals surface area contributed by atoms with Crippen molar-refractivity contribution in [2.75, 3.05) is 11.6 Å². The maximum absolute atomic E-state index is 13.0. The normalized spacial score (nSPS) is 12.0. The third kappa shape index (κ3) is 5.30. The van der Waals surface area contributed by atoms with E-state index in [1.807, 2.05) is 12.1 Å². The maximum atomic E-state index is 13.0. The third-order valence-electron chi connectivity index (χ3n) is 5.54. The van der Waals surface area contributed by atoms with Crippen molar-refractivity contribution >= 4 is 70.4 Å². The topological polar surface area (TPSA) is 72.5 Å². The fraction of sp³-hybridized carbons (Fsp3) is 0.160. The first kappa shape index (κ1) is 24.7. The second-order valence-corrected chi connectivity index (χ2v) is 13.3. The summed E-state index contributed by atoms with van der Waals surface area (Å²) in [4.78, 5) is 13.5. The molecule has 0 aliphatic rings. The lowest BCUT2D eigenvalue weighted by Gasteiger charge is -2.23. The second-order valence-electron chi connectivity index (χ2n) is 8.33. The molecule has 0 atom stereocenters. The molecular formula is C25H21BrClNO4S2. The van der Waals surface area contributed by atoms with Gasteiger partial charge in [-0.15, -0.1) is 11.3 Å². The molecule has 1 heterocycles. The van der Waals surface area contributed by atoms with Crippen molar-refractivity contribution < 1.29 is 17.9 Å². The Morgan fingerprint density at radius 1 is 1.00 bits per heavy atom. The number of ether oxygens (including phenoxy) is 1. The highest BCUT2D eigenvalue weighted by Crippen LogP contribution is 2.35. The molecule has 0 saturated heterocycles. The van der Waals surface area contributed by atoms with Gasteiger partial charge in [0.1, 0.15) is 11.5 Å². The maximum Gasteiger partial charge on any atom is 0.265 e. The first-order valence-electron chi connectivity index (χ1n) is 10.2. The number of anilines is 1. The number of rotatable bonds is 6. The Labute approximate surface area is 215 Å². The lowest BCUT2D eigenvalue weighted by atomic mass is 10.0. The van der Waals surface area contributed by atoms with Crippen LogP contribution in [0.1, 0.15) is 29.1 Å². The average molecular weight is 579 g/mol. The van der Waals surface area contributed by atoms with Crippen LogP contribution in [0.4, 0.5) is 5.69 Å². The fourth-order valence-electron chi connectivity index (χ4n) is 3.27. The monoisotopic (exact) mass is 577 g/mol. The summed E-state index contributed by atoms with van der Waals surface area (Å²) in [6.07, 6.45) is 1.23. The molecule has 9 heteroatoms. The molecule has 0 aliphatic heterocycles. The van der Waals surface area contributed by atoms with E-state index in [4.69, 9.17) is 16.3 Å². The predicted octanol–water partition coefficient (Wildman–Crippen LogP) is 7.64. The molecule has 0 unspecified atom stereocenters. The van der Waals surface area contributed by atoms with Gasteiger partial charge < -0.3 is 10.1 Å². The van der Waals surface area contributed by atoms with E-state index < -0.39 is 14.6 Å². The number of fused-ring (bicyclic) bond motifs is 1. The summed E-state index contributed by atoms with van der Waals surface area (Å²) in [6.45, 7) is 3.36. The van der Waals surface area contributed by atoms with Crippen LogP contribution in [0.3, 0.4) is 0 Å². The smallest absolute Gasteiger partial charge is 0.265 e. The number of thiophene rings is 1. The standard InChI is InChI=1S/C25H21BrClNO4S2/c1-25(2,34(3,30)31)16-4-9-22-15(10-16)11-23(33-22)24(29)28-19-12-17(26)13-21(14-19)32-20-7-5-18(27)6-8-20/h4-14H,1-3H3,(H,28,29). The lowest BCUT2D eigenvalue weighted by molar-refractivity contribution is 0.103. The number of benzene rings is 3. The molecule has 176 valence electrons. The predicted molar refractivity (Wildman–Crippen MR) is 143 cm³/mol. The second kappa shape index (κ2) is 9.34. The van der Waals surface area contributed by atoms with E-state index in [-0.39, 0.29) is 5.91 Å². The zero-order valence-electron chi connectivity index (χ0n) is 18.6. The summed E-state index contributed by atoms with van der Waals surface area (Å²) >= 11 is 10.7. The van der Waals surface area contributed by atoms with Crippen LogP contribution in [-0.2, 0) is 14.6 Å². The fourth-order valence-corrected chi connectivity index (χ4v) is 5.36. The van der Waals surface area contributed by atoms with Crippen LogP contribution in [-0.4, -0.2) is 20.6 Å². The number of carbonyl (C=O) groups is 1. The van der Waals surface area contributed by atoms with Gasteiger partial charge in [-0.05, 0) is 79.4 Å². The number of nitrogens with one attached hydrogen (secondary N) is 1. The van der Waals surface area contributed by atoms with Crippen molar-refractivity contribution in [1.29, 1.82) is 0 Å². The van der Waals surface area contributed by atoms with Gasteiger partial charge in [-0.1, -0.05) is 33.6 Å². The zero-order chi connectivity index (χ0) is 24.7. The quantitative estimate of drug-likeness (QED) is 0.255. The first-order valence-corrected chi connectivity index (χ1v) is 14.1. The van der Waals surface area contributed by atoms with E-state index in [0.717, 1.165) is 14.6 Å². The molecule has 0 spiro atoms. The van der Waals surface area contributed by atoms with E-state index in [2.05, 4.69) is 21.2 Å². The Bertz CT molecular complexity index is 1500. The van der Waals surface area contributed by atoms with E-state index in [1.54, 1.807) is 68.4 Å². The third-order valence-corrected chi connectivity index (χ3v) is 9.46. The van der Waals surface area contributed by atoms with Gasteiger partial charge in [-0.2, -0.15) is 0 Å². The highest BCUT2D eigenvalue weighted by atomic mass is 79.9. The SMILES string of the molecule is CC(C)(c1ccc2sc(C(=O)Nc3cc(Br)cc(Oc4ccc(Cl)cc4)c3)cc2c1)S(C)(=O)=O. The summed E-state index contributed by atoms with van der Waals surface area (Å²) in [5.74, 6) is 0.911.